The number of hydrogen-bond acceptors (Lipinski definition) is 7. The van der Waals surface area contributed by atoms with E-state index in [4.69, 9.17) is 9.84 Å². The van der Waals surface area contributed by atoms with E-state index >= 15 is 0 Å². The number of aromatic nitrogens is 3. The van der Waals surface area contributed by atoms with E-state index in [2.05, 4.69) is 5.10 Å². The first-order valence-electron chi connectivity index (χ1n) is 4.60. The summed E-state index contributed by atoms with van der Waals surface area (Å²) in [5.74, 6) is -0.820. The van der Waals surface area contributed by atoms with E-state index in [-0.39, 0.29) is 5.76 Å². The van der Waals surface area contributed by atoms with Crippen LogP contribution < -0.4 is 11.2 Å². The minimum atomic E-state index is -1.53. The van der Waals surface area contributed by atoms with Gasteiger partial charge in [0.1, 0.15) is 12.8 Å². The Morgan fingerprint density at radius 1 is 1.53 bits per heavy atom. The SMILES string of the molecule is O=c1cnn([C@@H]2OC(CO)=C(O)C2O)c(=O)[nH]1. The molecule has 1 unspecified atom stereocenters. The lowest BCUT2D eigenvalue weighted by Crippen LogP contribution is -2.38. The zero-order valence-corrected chi connectivity index (χ0v) is 8.40. The molecule has 9 nitrogen and oxygen atoms in total. The lowest BCUT2D eigenvalue weighted by molar-refractivity contribution is -0.0260. The second kappa shape index (κ2) is 4.03. The van der Waals surface area contributed by atoms with Gasteiger partial charge in [0.05, 0.1) is 0 Å². The van der Waals surface area contributed by atoms with Gasteiger partial charge in [0.25, 0.3) is 5.56 Å². The average Bonchev–Trinajstić information content (AvgIpc) is 2.57. The molecule has 0 fully saturated rings. The molecule has 1 aromatic heterocycles. The molecule has 0 radical (unpaired) electrons. The van der Waals surface area contributed by atoms with Crippen molar-refractivity contribution in [3.8, 4) is 0 Å². The molecule has 2 rings (SSSR count). The fraction of sp³-hybridized carbons (Fsp3) is 0.375. The number of rotatable bonds is 2. The minimum absolute atomic E-state index is 0.248. The summed E-state index contributed by atoms with van der Waals surface area (Å²) in [7, 11) is 0. The smallest absolute Gasteiger partial charge is 0.348 e. The number of nitrogens with zero attached hydrogens (tertiary/aromatic N) is 2. The van der Waals surface area contributed by atoms with Gasteiger partial charge in [-0.25, -0.2) is 4.79 Å². The fourth-order valence-corrected chi connectivity index (χ4v) is 1.42. The number of aromatic amines is 1. The van der Waals surface area contributed by atoms with Crippen LogP contribution in [-0.2, 0) is 4.74 Å². The molecule has 0 saturated carbocycles. The first kappa shape index (κ1) is 11.4. The van der Waals surface area contributed by atoms with Crippen molar-refractivity contribution in [2.45, 2.75) is 12.3 Å². The molecule has 1 aliphatic heterocycles. The van der Waals surface area contributed by atoms with Gasteiger partial charge in [-0.05, 0) is 0 Å². The highest BCUT2D eigenvalue weighted by Gasteiger charge is 2.37. The number of H-pyrrole nitrogens is 1. The van der Waals surface area contributed by atoms with E-state index in [1.54, 1.807) is 0 Å². The highest BCUT2D eigenvalue weighted by molar-refractivity contribution is 5.12. The largest absolute Gasteiger partial charge is 0.506 e. The van der Waals surface area contributed by atoms with Crippen LogP contribution >= 0.6 is 0 Å². The van der Waals surface area contributed by atoms with Crippen LogP contribution in [0.2, 0.25) is 0 Å². The molecule has 0 aliphatic carbocycles. The quantitative estimate of drug-likeness (QED) is 0.453. The molecule has 4 N–H and O–H groups in total. The Kier molecular flexibility index (Phi) is 2.69. The molecule has 2 atom stereocenters. The van der Waals surface area contributed by atoms with Crippen molar-refractivity contribution < 1.29 is 20.1 Å². The highest BCUT2D eigenvalue weighted by Crippen LogP contribution is 2.29. The van der Waals surface area contributed by atoms with E-state index in [9.17, 15) is 19.8 Å². The van der Waals surface area contributed by atoms with Crippen molar-refractivity contribution in [1.82, 2.24) is 14.8 Å². The summed E-state index contributed by atoms with van der Waals surface area (Å²) >= 11 is 0. The maximum Gasteiger partial charge on any atom is 0.348 e. The highest BCUT2D eigenvalue weighted by atomic mass is 16.5. The number of aliphatic hydroxyl groups excluding tert-OH is 3. The minimum Gasteiger partial charge on any atom is -0.506 e. The maximum atomic E-state index is 11.4. The Balaban J connectivity index is 2.39. The summed E-state index contributed by atoms with van der Waals surface area (Å²) in [5, 5.41) is 31.2. The Hall–Kier alpha value is -2.13. The zero-order chi connectivity index (χ0) is 12.6. The summed E-state index contributed by atoms with van der Waals surface area (Å²) in [6, 6.07) is 0. The van der Waals surface area contributed by atoms with Gasteiger partial charge in [-0.1, -0.05) is 0 Å². The van der Waals surface area contributed by atoms with Gasteiger partial charge in [-0.15, -0.1) is 0 Å². The molecule has 2 heterocycles. The number of nitrogens with one attached hydrogen (secondary N) is 1. The lowest BCUT2D eigenvalue weighted by atomic mass is 10.3. The van der Waals surface area contributed by atoms with Crippen molar-refractivity contribution >= 4 is 0 Å². The Morgan fingerprint density at radius 3 is 2.76 bits per heavy atom. The third-order valence-corrected chi connectivity index (χ3v) is 2.22. The van der Waals surface area contributed by atoms with Crippen LogP contribution in [0, 0.1) is 0 Å². The van der Waals surface area contributed by atoms with Crippen LogP contribution in [0.3, 0.4) is 0 Å². The lowest BCUT2D eigenvalue weighted by Gasteiger charge is -2.15. The van der Waals surface area contributed by atoms with Crippen LogP contribution in [-0.4, -0.2) is 42.8 Å². The molecule has 17 heavy (non-hydrogen) atoms. The summed E-state index contributed by atoms with van der Waals surface area (Å²) in [6.07, 6.45) is -2.03. The van der Waals surface area contributed by atoms with Crippen molar-refractivity contribution in [2.75, 3.05) is 6.61 Å². The fourth-order valence-electron chi connectivity index (χ4n) is 1.42. The number of hydrogen-bond donors (Lipinski definition) is 4. The second-order valence-corrected chi connectivity index (χ2v) is 3.30. The summed E-state index contributed by atoms with van der Waals surface area (Å²) in [4.78, 5) is 24.1. The Labute approximate surface area is 93.2 Å². The van der Waals surface area contributed by atoms with Gasteiger partial charge in [0.2, 0.25) is 6.23 Å². The molecule has 0 spiro atoms. The first-order valence-corrected chi connectivity index (χ1v) is 4.60. The Morgan fingerprint density at radius 2 is 2.24 bits per heavy atom. The molecule has 9 heteroatoms. The molecule has 0 bridgehead atoms. The van der Waals surface area contributed by atoms with Gasteiger partial charge >= 0.3 is 5.69 Å². The molecule has 0 amide bonds. The number of ether oxygens (including phenoxy) is 1. The van der Waals surface area contributed by atoms with Crippen LogP contribution in [0.25, 0.3) is 0 Å². The predicted molar refractivity (Wildman–Crippen MR) is 52.0 cm³/mol. The Bertz CT molecular complexity index is 573. The molecular formula is C8H9N3O6. The van der Waals surface area contributed by atoms with Gasteiger partial charge in [0, 0.05) is 0 Å². The predicted octanol–water partition coefficient (Wildman–Crippen LogP) is -2.42. The van der Waals surface area contributed by atoms with Crippen molar-refractivity contribution in [2.24, 2.45) is 0 Å². The van der Waals surface area contributed by atoms with Gasteiger partial charge < -0.3 is 20.1 Å². The van der Waals surface area contributed by atoms with Gasteiger partial charge in [0.15, 0.2) is 17.6 Å². The van der Waals surface area contributed by atoms with Crippen LogP contribution in [0.15, 0.2) is 27.3 Å². The van der Waals surface area contributed by atoms with Crippen LogP contribution in [0.5, 0.6) is 0 Å². The summed E-state index contributed by atoms with van der Waals surface area (Å²) < 4.78 is 5.61. The van der Waals surface area contributed by atoms with Gasteiger partial charge in [-0.3, -0.25) is 9.78 Å². The van der Waals surface area contributed by atoms with Crippen molar-refractivity contribution in [3.63, 3.8) is 0 Å². The van der Waals surface area contributed by atoms with E-state index in [1.165, 1.54) is 0 Å². The van der Waals surface area contributed by atoms with E-state index < -0.39 is 35.9 Å². The molecule has 1 aromatic rings. The van der Waals surface area contributed by atoms with Crippen LogP contribution in [0.4, 0.5) is 0 Å². The normalized spacial score (nSPS) is 23.9. The first-order chi connectivity index (χ1) is 8.04. The maximum absolute atomic E-state index is 11.4. The standard InChI is InChI=1S/C8H9N3O6/c12-2-3-5(14)6(15)7(17-3)11-8(16)10-4(13)1-9-11/h1,6-7,12,14-15H,2H2,(H,10,13,16)/t6?,7-/m1/s1. The summed E-state index contributed by atoms with van der Waals surface area (Å²) in [6.45, 7) is -0.627. The third kappa shape index (κ3) is 1.81. The number of aliphatic hydroxyl groups is 3. The van der Waals surface area contributed by atoms with Crippen LogP contribution in [0.1, 0.15) is 6.23 Å². The summed E-state index contributed by atoms with van der Waals surface area (Å²) in [5.41, 5.74) is -1.59. The van der Waals surface area contributed by atoms with E-state index in [0.29, 0.717) is 4.68 Å². The zero-order valence-electron chi connectivity index (χ0n) is 8.40. The monoisotopic (exact) mass is 243 g/mol. The average molecular weight is 243 g/mol. The second-order valence-electron chi connectivity index (χ2n) is 3.30. The van der Waals surface area contributed by atoms with E-state index in [0.717, 1.165) is 6.20 Å². The molecule has 0 saturated heterocycles. The third-order valence-electron chi connectivity index (χ3n) is 2.22. The topological polar surface area (TPSA) is 138 Å². The molecule has 0 aromatic carbocycles. The molecular weight excluding hydrogens is 234 g/mol. The van der Waals surface area contributed by atoms with Crippen molar-refractivity contribution in [1.29, 1.82) is 0 Å². The van der Waals surface area contributed by atoms with Crippen molar-refractivity contribution in [3.05, 3.63) is 38.6 Å². The van der Waals surface area contributed by atoms with Gasteiger partial charge in [-0.2, -0.15) is 9.78 Å². The van der Waals surface area contributed by atoms with E-state index in [1.807, 2.05) is 4.98 Å². The molecule has 92 valence electrons. The molecule has 1 aliphatic rings.